The van der Waals surface area contributed by atoms with Crippen LogP contribution in [0.2, 0.25) is 0 Å². The fraction of sp³-hybridized carbons (Fsp3) is 0.444. The molecule has 1 aromatic heterocycles. The molecule has 0 aliphatic carbocycles. The van der Waals surface area contributed by atoms with Gasteiger partial charge in [-0.15, -0.1) is 11.3 Å². The standard InChI is InChI=1S/C9H12BrNO4S2/c10-8-2-1-7(16-8)5-17(14,15)6-9(13)11-3-4-12/h1-2,12H,3-6H2,(H,11,13). The summed E-state index contributed by atoms with van der Waals surface area (Å²) in [6.45, 7) is -0.136. The van der Waals surface area contributed by atoms with Crippen LogP contribution in [-0.4, -0.2) is 38.3 Å². The average molecular weight is 342 g/mol. The van der Waals surface area contributed by atoms with Gasteiger partial charge >= 0.3 is 0 Å². The van der Waals surface area contributed by atoms with Crippen LogP contribution >= 0.6 is 27.3 Å². The van der Waals surface area contributed by atoms with E-state index in [4.69, 9.17) is 5.11 Å². The second-order valence-corrected chi connectivity index (χ2v) is 7.92. The Kier molecular flexibility index (Phi) is 5.57. The van der Waals surface area contributed by atoms with Crippen molar-refractivity contribution < 1.29 is 18.3 Å². The van der Waals surface area contributed by atoms with E-state index >= 15 is 0 Å². The maximum absolute atomic E-state index is 11.7. The molecular weight excluding hydrogens is 330 g/mol. The summed E-state index contributed by atoms with van der Waals surface area (Å²) in [5.74, 6) is -1.28. The SMILES string of the molecule is O=C(CS(=O)(=O)Cc1ccc(Br)s1)NCCO. The lowest BCUT2D eigenvalue weighted by atomic mass is 10.5. The van der Waals surface area contributed by atoms with Gasteiger partial charge in [0.2, 0.25) is 5.91 Å². The number of nitrogens with one attached hydrogen (secondary N) is 1. The fourth-order valence-electron chi connectivity index (χ4n) is 1.14. The number of thiophene rings is 1. The molecule has 0 saturated carbocycles. The number of aliphatic hydroxyl groups is 1. The molecule has 0 aliphatic rings. The van der Waals surface area contributed by atoms with Crippen LogP contribution < -0.4 is 5.32 Å². The van der Waals surface area contributed by atoms with E-state index in [9.17, 15) is 13.2 Å². The Bertz CT molecular complexity index is 483. The quantitative estimate of drug-likeness (QED) is 0.790. The van der Waals surface area contributed by atoms with Gasteiger partial charge in [-0.1, -0.05) is 0 Å². The molecule has 0 atom stereocenters. The highest BCUT2D eigenvalue weighted by atomic mass is 79.9. The minimum atomic E-state index is -3.46. The molecule has 0 unspecified atom stereocenters. The molecule has 0 bridgehead atoms. The van der Waals surface area contributed by atoms with E-state index in [0.29, 0.717) is 4.88 Å². The normalized spacial score (nSPS) is 11.4. The van der Waals surface area contributed by atoms with Crippen molar-refractivity contribution in [2.75, 3.05) is 18.9 Å². The predicted octanol–water partition coefficient (Wildman–Crippen LogP) is 0.534. The van der Waals surface area contributed by atoms with Crippen molar-refractivity contribution in [3.8, 4) is 0 Å². The number of amides is 1. The number of sulfone groups is 1. The second-order valence-electron chi connectivity index (χ2n) is 3.31. The zero-order chi connectivity index (χ0) is 12.9. The number of hydrogen-bond acceptors (Lipinski definition) is 5. The van der Waals surface area contributed by atoms with E-state index in [-0.39, 0.29) is 18.9 Å². The summed E-state index contributed by atoms with van der Waals surface area (Å²) in [6, 6.07) is 3.47. The summed E-state index contributed by atoms with van der Waals surface area (Å²) < 4.78 is 24.2. The molecule has 1 aromatic rings. The van der Waals surface area contributed by atoms with Crippen LogP contribution in [-0.2, 0) is 20.4 Å². The van der Waals surface area contributed by atoms with Crippen molar-refractivity contribution in [2.24, 2.45) is 0 Å². The first kappa shape index (κ1) is 14.6. The number of aliphatic hydroxyl groups excluding tert-OH is 1. The maximum Gasteiger partial charge on any atom is 0.235 e. The van der Waals surface area contributed by atoms with E-state index in [0.717, 1.165) is 3.79 Å². The zero-order valence-corrected chi connectivity index (χ0v) is 12.1. The monoisotopic (exact) mass is 341 g/mol. The first-order valence-corrected chi connectivity index (χ1v) is 8.18. The molecule has 0 saturated heterocycles. The van der Waals surface area contributed by atoms with Crippen molar-refractivity contribution >= 4 is 43.0 Å². The van der Waals surface area contributed by atoms with E-state index < -0.39 is 21.5 Å². The Morgan fingerprint density at radius 1 is 1.47 bits per heavy atom. The summed E-state index contributed by atoms with van der Waals surface area (Å²) in [5, 5.41) is 10.8. The Hall–Kier alpha value is -0.440. The Balaban J connectivity index is 2.54. The van der Waals surface area contributed by atoms with Gasteiger partial charge in [0.25, 0.3) is 0 Å². The predicted molar refractivity (Wildman–Crippen MR) is 69.6 cm³/mol. The van der Waals surface area contributed by atoms with Crippen LogP contribution in [0, 0.1) is 0 Å². The Morgan fingerprint density at radius 2 is 2.18 bits per heavy atom. The maximum atomic E-state index is 11.7. The number of hydrogen-bond donors (Lipinski definition) is 2. The highest BCUT2D eigenvalue weighted by Gasteiger charge is 2.17. The number of rotatable bonds is 6. The molecular formula is C9H12BrNO4S2. The molecule has 0 aliphatic heterocycles. The lowest BCUT2D eigenvalue weighted by Crippen LogP contribution is -2.32. The first-order valence-electron chi connectivity index (χ1n) is 4.75. The van der Waals surface area contributed by atoms with Gasteiger partial charge in [0.1, 0.15) is 5.75 Å². The van der Waals surface area contributed by atoms with E-state index in [1.807, 2.05) is 0 Å². The van der Waals surface area contributed by atoms with Crippen LogP contribution in [0.15, 0.2) is 15.9 Å². The number of halogens is 1. The smallest absolute Gasteiger partial charge is 0.235 e. The summed E-state index contributed by atoms with van der Waals surface area (Å²) in [6.07, 6.45) is 0. The van der Waals surface area contributed by atoms with Gasteiger partial charge in [0.15, 0.2) is 9.84 Å². The first-order chi connectivity index (χ1) is 7.93. The summed E-state index contributed by atoms with van der Waals surface area (Å²) in [7, 11) is -3.46. The minimum absolute atomic E-state index is 0.0684. The molecule has 8 heteroatoms. The largest absolute Gasteiger partial charge is 0.395 e. The average Bonchev–Trinajstić information content (AvgIpc) is 2.59. The van der Waals surface area contributed by atoms with Crippen LogP contribution in [0.5, 0.6) is 0 Å². The van der Waals surface area contributed by atoms with Gasteiger partial charge < -0.3 is 10.4 Å². The molecule has 1 rings (SSSR count). The third-order valence-electron chi connectivity index (χ3n) is 1.78. The van der Waals surface area contributed by atoms with E-state index in [1.165, 1.54) is 11.3 Å². The molecule has 96 valence electrons. The topological polar surface area (TPSA) is 83.5 Å². The summed E-state index contributed by atoms with van der Waals surface area (Å²) in [4.78, 5) is 11.9. The lowest BCUT2D eigenvalue weighted by Gasteiger charge is -2.03. The second kappa shape index (κ2) is 6.48. The number of carbonyl (C=O) groups is 1. The molecule has 1 amide bonds. The fourth-order valence-corrected chi connectivity index (χ4v) is 4.33. The van der Waals surface area contributed by atoms with Gasteiger partial charge in [-0.25, -0.2) is 8.42 Å². The van der Waals surface area contributed by atoms with Crippen LogP contribution in [0.3, 0.4) is 0 Å². The third kappa shape index (κ3) is 5.62. The molecule has 0 spiro atoms. The van der Waals surface area contributed by atoms with Crippen LogP contribution in [0.25, 0.3) is 0 Å². The van der Waals surface area contributed by atoms with Crippen molar-refractivity contribution in [3.63, 3.8) is 0 Å². The van der Waals surface area contributed by atoms with Crippen molar-refractivity contribution in [3.05, 3.63) is 20.8 Å². The molecule has 0 radical (unpaired) electrons. The molecule has 17 heavy (non-hydrogen) atoms. The van der Waals surface area contributed by atoms with Gasteiger partial charge in [-0.05, 0) is 28.1 Å². The highest BCUT2D eigenvalue weighted by Crippen LogP contribution is 2.23. The van der Waals surface area contributed by atoms with Crippen LogP contribution in [0.4, 0.5) is 0 Å². The molecule has 0 fully saturated rings. The van der Waals surface area contributed by atoms with Crippen molar-refractivity contribution in [2.45, 2.75) is 5.75 Å². The third-order valence-corrected chi connectivity index (χ3v) is 5.04. The Morgan fingerprint density at radius 3 is 2.71 bits per heavy atom. The van der Waals surface area contributed by atoms with E-state index in [2.05, 4.69) is 21.2 Å². The van der Waals surface area contributed by atoms with Crippen molar-refractivity contribution in [1.29, 1.82) is 0 Å². The van der Waals surface area contributed by atoms with Crippen molar-refractivity contribution in [1.82, 2.24) is 5.32 Å². The molecule has 2 N–H and O–H groups in total. The van der Waals surface area contributed by atoms with Gasteiger partial charge in [-0.3, -0.25) is 4.79 Å². The zero-order valence-electron chi connectivity index (χ0n) is 8.85. The number of carbonyl (C=O) groups excluding carboxylic acids is 1. The molecule has 5 nitrogen and oxygen atoms in total. The summed E-state index contributed by atoms with van der Waals surface area (Å²) in [5.41, 5.74) is 0. The molecule has 0 aromatic carbocycles. The highest BCUT2D eigenvalue weighted by molar-refractivity contribution is 9.11. The summed E-state index contributed by atoms with van der Waals surface area (Å²) >= 11 is 4.57. The lowest BCUT2D eigenvalue weighted by molar-refractivity contribution is -0.118. The van der Waals surface area contributed by atoms with Gasteiger partial charge in [0, 0.05) is 11.4 Å². The molecule has 1 heterocycles. The van der Waals surface area contributed by atoms with Gasteiger partial charge in [-0.2, -0.15) is 0 Å². The van der Waals surface area contributed by atoms with Gasteiger partial charge in [0.05, 0.1) is 16.1 Å². The Labute approximate surface area is 112 Å². The van der Waals surface area contributed by atoms with E-state index in [1.54, 1.807) is 12.1 Å². The van der Waals surface area contributed by atoms with Crippen LogP contribution in [0.1, 0.15) is 4.88 Å². The minimum Gasteiger partial charge on any atom is -0.395 e.